The third kappa shape index (κ3) is 2.59. The molecule has 0 fully saturated rings. The third-order valence-corrected chi connectivity index (χ3v) is 3.02. The number of phenols is 1. The summed E-state index contributed by atoms with van der Waals surface area (Å²) in [5.41, 5.74) is 6.16. The van der Waals surface area contributed by atoms with Crippen LogP contribution >= 0.6 is 23.4 Å². The number of H-pyrrole nitrogens is 1. The number of halogens is 1. The summed E-state index contributed by atoms with van der Waals surface area (Å²) in [6.07, 6.45) is 0. The molecule has 2 aromatic rings. The van der Waals surface area contributed by atoms with Crippen LogP contribution < -0.4 is 5.73 Å². The summed E-state index contributed by atoms with van der Waals surface area (Å²) in [6, 6.07) is 4.99. The number of rotatable bonds is 3. The topological polar surface area (TPSA) is 87.8 Å². The predicted molar refractivity (Wildman–Crippen MR) is 63.5 cm³/mol. The van der Waals surface area contributed by atoms with Crippen molar-refractivity contribution in [2.24, 2.45) is 0 Å². The number of nitrogen functional groups attached to an aromatic ring is 1. The van der Waals surface area contributed by atoms with Gasteiger partial charge in [0.05, 0.1) is 0 Å². The van der Waals surface area contributed by atoms with Gasteiger partial charge in [0.1, 0.15) is 5.75 Å². The fourth-order valence-corrected chi connectivity index (χ4v) is 2.09. The molecular formula is C9H9ClN4OS. The Labute approximate surface area is 101 Å². The predicted octanol–water partition coefficient (Wildman–Crippen LogP) is 2.04. The number of anilines is 1. The van der Waals surface area contributed by atoms with Gasteiger partial charge in [-0.25, -0.2) is 5.10 Å². The molecule has 1 aromatic heterocycles. The van der Waals surface area contributed by atoms with Crippen LogP contribution in [-0.4, -0.2) is 20.3 Å². The molecule has 0 saturated carbocycles. The fourth-order valence-electron chi connectivity index (χ4n) is 1.12. The summed E-state index contributed by atoms with van der Waals surface area (Å²) in [6.45, 7) is 0. The van der Waals surface area contributed by atoms with E-state index in [9.17, 15) is 5.11 Å². The first-order chi connectivity index (χ1) is 7.65. The highest BCUT2D eigenvalue weighted by atomic mass is 35.5. The quantitative estimate of drug-likeness (QED) is 0.732. The molecule has 1 aromatic carbocycles. The van der Waals surface area contributed by atoms with Gasteiger partial charge in [0.15, 0.2) is 0 Å². The second kappa shape index (κ2) is 4.63. The molecule has 4 N–H and O–H groups in total. The van der Waals surface area contributed by atoms with E-state index < -0.39 is 0 Å². The number of nitrogens with one attached hydrogen (secondary N) is 1. The molecule has 1 heterocycles. The minimum atomic E-state index is 0.170. The van der Waals surface area contributed by atoms with Crippen molar-refractivity contribution in [3.8, 4) is 5.75 Å². The van der Waals surface area contributed by atoms with E-state index >= 15 is 0 Å². The minimum absolute atomic E-state index is 0.170. The lowest BCUT2D eigenvalue weighted by Crippen LogP contribution is -1.85. The average molecular weight is 257 g/mol. The zero-order valence-corrected chi connectivity index (χ0v) is 9.72. The van der Waals surface area contributed by atoms with E-state index in [-0.39, 0.29) is 11.7 Å². The number of aromatic hydroxyl groups is 1. The highest BCUT2D eigenvalue weighted by Gasteiger charge is 2.05. The molecular weight excluding hydrogens is 248 g/mol. The summed E-state index contributed by atoms with van der Waals surface area (Å²) in [5, 5.41) is 17.1. The largest absolute Gasteiger partial charge is 0.508 e. The van der Waals surface area contributed by atoms with Gasteiger partial charge in [-0.05, 0) is 12.1 Å². The lowest BCUT2D eigenvalue weighted by molar-refractivity contribution is 0.470. The van der Waals surface area contributed by atoms with E-state index in [0.717, 1.165) is 5.56 Å². The van der Waals surface area contributed by atoms with E-state index in [2.05, 4.69) is 15.2 Å². The van der Waals surface area contributed by atoms with Crippen molar-refractivity contribution in [3.63, 3.8) is 0 Å². The van der Waals surface area contributed by atoms with E-state index in [4.69, 9.17) is 17.3 Å². The summed E-state index contributed by atoms with van der Waals surface area (Å²) >= 11 is 7.10. The van der Waals surface area contributed by atoms with E-state index in [0.29, 0.717) is 15.9 Å². The van der Waals surface area contributed by atoms with Crippen molar-refractivity contribution in [2.45, 2.75) is 10.9 Å². The molecule has 0 amide bonds. The van der Waals surface area contributed by atoms with Crippen LogP contribution in [0.1, 0.15) is 5.56 Å². The van der Waals surface area contributed by atoms with Gasteiger partial charge in [0.25, 0.3) is 0 Å². The maximum atomic E-state index is 9.60. The van der Waals surface area contributed by atoms with Gasteiger partial charge in [-0.1, -0.05) is 29.4 Å². The van der Waals surface area contributed by atoms with Gasteiger partial charge in [0.2, 0.25) is 11.1 Å². The second-order valence-corrected chi connectivity index (χ2v) is 4.44. The number of benzene rings is 1. The average Bonchev–Trinajstić information content (AvgIpc) is 2.63. The van der Waals surface area contributed by atoms with Crippen molar-refractivity contribution in [1.29, 1.82) is 0 Å². The Morgan fingerprint density at radius 3 is 2.94 bits per heavy atom. The molecule has 0 saturated heterocycles. The Morgan fingerprint density at radius 2 is 2.31 bits per heavy atom. The molecule has 84 valence electrons. The molecule has 0 spiro atoms. The molecule has 0 aliphatic carbocycles. The summed E-state index contributed by atoms with van der Waals surface area (Å²) < 4.78 is 0. The Morgan fingerprint density at radius 1 is 1.50 bits per heavy atom. The van der Waals surface area contributed by atoms with Crippen LogP contribution in [0.15, 0.2) is 23.4 Å². The van der Waals surface area contributed by atoms with Gasteiger partial charge in [0, 0.05) is 16.3 Å². The molecule has 5 nitrogen and oxygen atoms in total. The van der Waals surface area contributed by atoms with Crippen molar-refractivity contribution < 1.29 is 5.11 Å². The Kier molecular flexibility index (Phi) is 3.21. The first kappa shape index (κ1) is 11.1. The SMILES string of the molecule is Nc1nc(SCc2ccc(Cl)cc2O)n[nH]1. The minimum Gasteiger partial charge on any atom is -0.508 e. The highest BCUT2D eigenvalue weighted by molar-refractivity contribution is 7.98. The summed E-state index contributed by atoms with van der Waals surface area (Å²) in [4.78, 5) is 3.94. The number of aromatic amines is 1. The number of hydrogen-bond acceptors (Lipinski definition) is 5. The van der Waals surface area contributed by atoms with Crippen LogP contribution in [0.25, 0.3) is 0 Å². The molecule has 0 radical (unpaired) electrons. The van der Waals surface area contributed by atoms with Crippen LogP contribution in [0.4, 0.5) is 5.95 Å². The first-order valence-corrected chi connectivity index (χ1v) is 5.79. The fraction of sp³-hybridized carbons (Fsp3) is 0.111. The lowest BCUT2D eigenvalue weighted by atomic mass is 10.2. The molecule has 0 unspecified atom stereocenters. The second-order valence-electron chi connectivity index (χ2n) is 3.06. The Hall–Kier alpha value is -1.40. The molecule has 0 aliphatic heterocycles. The van der Waals surface area contributed by atoms with Gasteiger partial charge >= 0.3 is 0 Å². The van der Waals surface area contributed by atoms with E-state index in [1.54, 1.807) is 12.1 Å². The first-order valence-electron chi connectivity index (χ1n) is 4.43. The molecule has 7 heteroatoms. The van der Waals surface area contributed by atoms with Gasteiger partial charge in [-0.15, -0.1) is 5.10 Å². The lowest BCUT2D eigenvalue weighted by Gasteiger charge is -2.02. The number of phenolic OH excluding ortho intramolecular Hbond substituents is 1. The smallest absolute Gasteiger partial charge is 0.216 e. The maximum Gasteiger partial charge on any atom is 0.216 e. The van der Waals surface area contributed by atoms with Crippen molar-refractivity contribution in [2.75, 3.05) is 5.73 Å². The summed E-state index contributed by atoms with van der Waals surface area (Å²) in [7, 11) is 0. The molecule has 0 bridgehead atoms. The molecule has 2 rings (SSSR count). The Bertz CT molecular complexity index is 502. The van der Waals surface area contributed by atoms with Crippen LogP contribution in [0.2, 0.25) is 5.02 Å². The number of aromatic nitrogens is 3. The molecule has 0 aliphatic rings. The van der Waals surface area contributed by atoms with Gasteiger partial charge in [-0.2, -0.15) is 4.98 Å². The Balaban J connectivity index is 2.04. The van der Waals surface area contributed by atoms with Crippen molar-refractivity contribution in [3.05, 3.63) is 28.8 Å². The number of thioether (sulfide) groups is 1. The van der Waals surface area contributed by atoms with E-state index in [1.165, 1.54) is 17.8 Å². The third-order valence-electron chi connectivity index (χ3n) is 1.89. The summed E-state index contributed by atoms with van der Waals surface area (Å²) in [5.74, 6) is 1.01. The zero-order valence-electron chi connectivity index (χ0n) is 8.14. The standard InChI is InChI=1S/C9H9ClN4OS/c10-6-2-1-5(7(15)3-6)4-16-9-12-8(11)13-14-9/h1-3,15H,4H2,(H3,11,12,13,14). The van der Waals surface area contributed by atoms with Crippen molar-refractivity contribution in [1.82, 2.24) is 15.2 Å². The van der Waals surface area contributed by atoms with Crippen LogP contribution in [0.3, 0.4) is 0 Å². The molecule has 16 heavy (non-hydrogen) atoms. The van der Waals surface area contributed by atoms with Crippen LogP contribution in [0, 0.1) is 0 Å². The van der Waals surface area contributed by atoms with E-state index in [1.807, 2.05) is 0 Å². The van der Waals surface area contributed by atoms with Crippen LogP contribution in [0.5, 0.6) is 5.75 Å². The zero-order chi connectivity index (χ0) is 11.5. The molecule has 0 atom stereocenters. The highest BCUT2D eigenvalue weighted by Crippen LogP contribution is 2.27. The van der Waals surface area contributed by atoms with Gasteiger partial charge in [-0.3, -0.25) is 0 Å². The number of nitrogens with two attached hydrogens (primary N) is 1. The number of hydrogen-bond donors (Lipinski definition) is 3. The maximum absolute atomic E-state index is 9.60. The number of nitrogens with zero attached hydrogens (tertiary/aromatic N) is 2. The monoisotopic (exact) mass is 256 g/mol. The van der Waals surface area contributed by atoms with Crippen molar-refractivity contribution >= 4 is 29.3 Å². The normalized spacial score (nSPS) is 10.6. The van der Waals surface area contributed by atoms with Crippen LogP contribution in [-0.2, 0) is 5.75 Å². The van der Waals surface area contributed by atoms with Gasteiger partial charge < -0.3 is 10.8 Å².